The molecule has 0 radical (unpaired) electrons. The summed E-state index contributed by atoms with van der Waals surface area (Å²) in [4.78, 5) is 25.0. The maximum absolute atomic E-state index is 12.7. The van der Waals surface area contributed by atoms with Gasteiger partial charge >= 0.3 is 0 Å². The summed E-state index contributed by atoms with van der Waals surface area (Å²) in [5, 5.41) is 3.55. The molecule has 0 aliphatic heterocycles. The molecule has 3 aromatic rings. The van der Waals surface area contributed by atoms with Gasteiger partial charge in [0.1, 0.15) is 0 Å². The van der Waals surface area contributed by atoms with Gasteiger partial charge in [0.05, 0.1) is 11.4 Å². The highest BCUT2D eigenvalue weighted by Crippen LogP contribution is 2.22. The Kier molecular flexibility index (Phi) is 6.69. The number of halogens is 1. The first-order valence-corrected chi connectivity index (χ1v) is 9.98. The number of carbonyl (C=O) groups is 2. The Bertz CT molecular complexity index is 944. The molecule has 0 aliphatic rings. The van der Waals surface area contributed by atoms with Crippen molar-refractivity contribution >= 4 is 40.7 Å². The molecular weight excluding hydrogens is 378 g/mol. The first kappa shape index (κ1) is 19.2. The van der Waals surface area contributed by atoms with Gasteiger partial charge in [0.25, 0.3) is 0 Å². The van der Waals surface area contributed by atoms with E-state index in [0.717, 1.165) is 5.56 Å². The number of nitrogens with one attached hydrogen (secondary N) is 1. The molecule has 5 heteroatoms. The van der Waals surface area contributed by atoms with Crippen LogP contribution >= 0.6 is 23.4 Å². The molecule has 27 heavy (non-hydrogen) atoms. The molecule has 0 aliphatic carbocycles. The van der Waals surface area contributed by atoms with Crippen LogP contribution in [-0.2, 0) is 10.5 Å². The predicted molar refractivity (Wildman–Crippen MR) is 113 cm³/mol. The number of para-hydroxylation sites is 1. The first-order valence-electron chi connectivity index (χ1n) is 8.45. The Morgan fingerprint density at radius 3 is 2.30 bits per heavy atom. The van der Waals surface area contributed by atoms with E-state index in [1.54, 1.807) is 36.4 Å². The Labute approximate surface area is 167 Å². The van der Waals surface area contributed by atoms with Crippen LogP contribution in [0.2, 0.25) is 5.02 Å². The lowest BCUT2D eigenvalue weighted by molar-refractivity contribution is -0.113. The number of anilines is 1. The highest BCUT2D eigenvalue weighted by molar-refractivity contribution is 7.99. The van der Waals surface area contributed by atoms with E-state index in [-0.39, 0.29) is 17.4 Å². The third-order valence-corrected chi connectivity index (χ3v) is 5.28. The number of thioether (sulfide) groups is 1. The molecule has 3 nitrogen and oxygen atoms in total. The van der Waals surface area contributed by atoms with Crippen LogP contribution in [-0.4, -0.2) is 17.4 Å². The summed E-state index contributed by atoms with van der Waals surface area (Å²) in [5.41, 5.74) is 2.59. The van der Waals surface area contributed by atoms with Gasteiger partial charge in [0.2, 0.25) is 5.91 Å². The third-order valence-electron chi connectivity index (χ3n) is 3.93. The number of hydrogen-bond acceptors (Lipinski definition) is 3. The van der Waals surface area contributed by atoms with Crippen molar-refractivity contribution in [3.8, 4) is 0 Å². The van der Waals surface area contributed by atoms with Crippen LogP contribution in [0.25, 0.3) is 0 Å². The molecule has 0 atom stereocenters. The SMILES string of the molecule is O=C(CSCc1ccccc1Cl)Nc1ccccc1C(=O)c1ccccc1. The zero-order valence-corrected chi connectivity index (χ0v) is 16.1. The minimum absolute atomic E-state index is 0.116. The molecule has 0 saturated carbocycles. The molecule has 3 rings (SSSR count). The molecule has 0 spiro atoms. The Balaban J connectivity index is 1.63. The fourth-order valence-electron chi connectivity index (χ4n) is 2.59. The maximum atomic E-state index is 12.7. The van der Waals surface area contributed by atoms with Gasteiger partial charge < -0.3 is 5.32 Å². The van der Waals surface area contributed by atoms with Crippen molar-refractivity contribution in [3.05, 3.63) is 101 Å². The Morgan fingerprint density at radius 2 is 1.52 bits per heavy atom. The van der Waals surface area contributed by atoms with E-state index in [1.807, 2.05) is 42.5 Å². The smallest absolute Gasteiger partial charge is 0.234 e. The minimum atomic E-state index is -0.152. The summed E-state index contributed by atoms with van der Waals surface area (Å²) in [7, 11) is 0. The van der Waals surface area contributed by atoms with Crippen molar-refractivity contribution in [1.82, 2.24) is 0 Å². The van der Waals surface area contributed by atoms with Crippen molar-refractivity contribution in [3.63, 3.8) is 0 Å². The summed E-state index contributed by atoms with van der Waals surface area (Å²) in [6, 6.07) is 23.7. The first-order chi connectivity index (χ1) is 13.1. The quantitative estimate of drug-likeness (QED) is 0.541. The second-order valence-corrected chi connectivity index (χ2v) is 7.27. The summed E-state index contributed by atoms with van der Waals surface area (Å²) in [6.45, 7) is 0. The number of carbonyl (C=O) groups excluding carboxylic acids is 2. The van der Waals surface area contributed by atoms with Crippen LogP contribution in [0.4, 0.5) is 5.69 Å². The van der Waals surface area contributed by atoms with Gasteiger partial charge in [-0.3, -0.25) is 9.59 Å². The molecule has 0 aromatic heterocycles. The number of amides is 1. The molecule has 0 heterocycles. The van der Waals surface area contributed by atoms with Gasteiger partial charge in [-0.15, -0.1) is 11.8 Å². The third kappa shape index (κ3) is 5.22. The summed E-state index contributed by atoms with van der Waals surface area (Å²) in [6.07, 6.45) is 0. The topological polar surface area (TPSA) is 46.2 Å². The second kappa shape index (κ2) is 9.40. The van der Waals surface area contributed by atoms with Crippen LogP contribution in [0, 0.1) is 0 Å². The van der Waals surface area contributed by atoms with E-state index in [0.29, 0.717) is 27.6 Å². The standard InChI is InChI=1S/C22H18ClNO2S/c23-19-12-6-4-10-17(19)14-27-15-21(25)24-20-13-7-5-11-18(20)22(26)16-8-2-1-3-9-16/h1-13H,14-15H2,(H,24,25). The number of rotatable bonds is 7. The fraction of sp³-hybridized carbons (Fsp3) is 0.0909. The normalized spacial score (nSPS) is 10.4. The van der Waals surface area contributed by atoms with E-state index < -0.39 is 0 Å². The van der Waals surface area contributed by atoms with Gasteiger partial charge in [0.15, 0.2) is 5.78 Å². The number of benzene rings is 3. The van der Waals surface area contributed by atoms with E-state index >= 15 is 0 Å². The van der Waals surface area contributed by atoms with Crippen molar-refractivity contribution in [2.24, 2.45) is 0 Å². The summed E-state index contributed by atoms with van der Waals surface area (Å²) in [5.74, 6) is 0.659. The van der Waals surface area contributed by atoms with E-state index in [4.69, 9.17) is 11.6 Å². The highest BCUT2D eigenvalue weighted by atomic mass is 35.5. The van der Waals surface area contributed by atoms with Gasteiger partial charge in [-0.05, 0) is 23.8 Å². The van der Waals surface area contributed by atoms with Gasteiger partial charge in [-0.2, -0.15) is 0 Å². The molecule has 3 aromatic carbocycles. The average molecular weight is 396 g/mol. The molecule has 136 valence electrons. The number of hydrogen-bond donors (Lipinski definition) is 1. The highest BCUT2D eigenvalue weighted by Gasteiger charge is 2.14. The van der Waals surface area contributed by atoms with Crippen LogP contribution in [0.15, 0.2) is 78.9 Å². The largest absolute Gasteiger partial charge is 0.325 e. The molecule has 0 fully saturated rings. The lowest BCUT2D eigenvalue weighted by atomic mass is 10.0. The zero-order chi connectivity index (χ0) is 19.1. The van der Waals surface area contributed by atoms with E-state index in [2.05, 4.69) is 5.32 Å². The predicted octanol–water partition coefficient (Wildman–Crippen LogP) is 5.44. The summed E-state index contributed by atoms with van der Waals surface area (Å²) >= 11 is 7.61. The van der Waals surface area contributed by atoms with Crippen molar-refractivity contribution < 1.29 is 9.59 Å². The number of ketones is 1. The molecule has 0 bridgehead atoms. The monoisotopic (exact) mass is 395 g/mol. The van der Waals surface area contributed by atoms with Crippen molar-refractivity contribution in [2.45, 2.75) is 5.75 Å². The van der Waals surface area contributed by atoms with Crippen LogP contribution in [0.1, 0.15) is 21.5 Å². The van der Waals surface area contributed by atoms with Crippen molar-refractivity contribution in [1.29, 1.82) is 0 Å². The average Bonchev–Trinajstić information content (AvgIpc) is 2.70. The lowest BCUT2D eigenvalue weighted by Crippen LogP contribution is -2.17. The lowest BCUT2D eigenvalue weighted by Gasteiger charge is -2.10. The Hall–Kier alpha value is -2.56. The molecule has 0 saturated heterocycles. The van der Waals surface area contributed by atoms with Crippen LogP contribution in [0.3, 0.4) is 0 Å². The van der Waals surface area contributed by atoms with Gasteiger partial charge in [-0.1, -0.05) is 72.3 Å². The summed E-state index contributed by atoms with van der Waals surface area (Å²) < 4.78 is 0. The van der Waals surface area contributed by atoms with Crippen LogP contribution < -0.4 is 5.32 Å². The van der Waals surface area contributed by atoms with Crippen LogP contribution in [0.5, 0.6) is 0 Å². The maximum Gasteiger partial charge on any atom is 0.234 e. The zero-order valence-electron chi connectivity index (χ0n) is 14.5. The van der Waals surface area contributed by atoms with Crippen molar-refractivity contribution in [2.75, 3.05) is 11.1 Å². The fourth-order valence-corrected chi connectivity index (χ4v) is 3.70. The van der Waals surface area contributed by atoms with Gasteiger partial charge in [-0.25, -0.2) is 0 Å². The molecular formula is C22H18ClNO2S. The second-order valence-electron chi connectivity index (χ2n) is 5.87. The molecule has 1 amide bonds. The van der Waals surface area contributed by atoms with E-state index in [1.165, 1.54) is 11.8 Å². The molecule has 1 N–H and O–H groups in total. The Morgan fingerprint density at radius 1 is 0.852 bits per heavy atom. The van der Waals surface area contributed by atoms with E-state index in [9.17, 15) is 9.59 Å². The minimum Gasteiger partial charge on any atom is -0.325 e. The molecule has 0 unspecified atom stereocenters. The van der Waals surface area contributed by atoms with Gasteiger partial charge in [0, 0.05) is 21.9 Å².